The fourth-order valence-electron chi connectivity index (χ4n) is 1.28. The predicted octanol–water partition coefficient (Wildman–Crippen LogP) is -0.399. The minimum Gasteiger partial charge on any atom is -0.480 e. The Labute approximate surface area is 92.7 Å². The molecule has 0 aliphatic heterocycles. The van der Waals surface area contributed by atoms with E-state index in [1.165, 1.54) is 22.2 Å². The van der Waals surface area contributed by atoms with E-state index in [1.54, 1.807) is 0 Å². The number of hydrogen-bond donors (Lipinski definition) is 1. The van der Waals surface area contributed by atoms with Crippen LogP contribution in [0.5, 0.6) is 0 Å². The highest BCUT2D eigenvalue weighted by atomic mass is 16.4. The third kappa shape index (κ3) is 3.68. The summed E-state index contributed by atoms with van der Waals surface area (Å²) in [5.74, 6) is -1.28. The number of aliphatic carboxylic acids is 1. The highest BCUT2D eigenvalue weighted by Crippen LogP contribution is 1.95. The quantitative estimate of drug-likeness (QED) is 0.713. The molecule has 0 fully saturated rings. The first kappa shape index (κ1) is 12.2. The molecular weight excluding hydrogens is 212 g/mol. The zero-order chi connectivity index (χ0) is 12.0. The molecule has 0 saturated heterocycles. The number of carboxylic acid groups (broad SMARTS) is 1. The molecule has 0 radical (unpaired) electrons. The van der Waals surface area contributed by atoms with E-state index in [4.69, 9.17) is 5.11 Å². The Morgan fingerprint density at radius 3 is 2.75 bits per heavy atom. The Bertz CT molecular complexity index is 350. The molecule has 1 rings (SSSR count). The number of aromatic nitrogens is 3. The first-order chi connectivity index (χ1) is 7.63. The first-order valence-electron chi connectivity index (χ1n) is 4.95. The van der Waals surface area contributed by atoms with E-state index in [-0.39, 0.29) is 19.0 Å². The van der Waals surface area contributed by atoms with Gasteiger partial charge in [0.1, 0.15) is 25.7 Å². The largest absolute Gasteiger partial charge is 0.480 e. The molecule has 7 heteroatoms. The molecular formula is C9H14N4O3. The summed E-state index contributed by atoms with van der Waals surface area (Å²) in [6.45, 7) is 2.06. The van der Waals surface area contributed by atoms with E-state index in [0.717, 1.165) is 6.42 Å². The van der Waals surface area contributed by atoms with Gasteiger partial charge in [-0.1, -0.05) is 6.92 Å². The van der Waals surface area contributed by atoms with Gasteiger partial charge in [-0.2, -0.15) is 5.10 Å². The van der Waals surface area contributed by atoms with Crippen molar-refractivity contribution in [2.24, 2.45) is 0 Å². The van der Waals surface area contributed by atoms with Gasteiger partial charge in [0, 0.05) is 6.54 Å². The van der Waals surface area contributed by atoms with E-state index >= 15 is 0 Å². The van der Waals surface area contributed by atoms with Gasteiger partial charge in [-0.15, -0.1) is 0 Å². The minimum atomic E-state index is -1.01. The van der Waals surface area contributed by atoms with Crippen LogP contribution in [0.2, 0.25) is 0 Å². The van der Waals surface area contributed by atoms with Crippen LogP contribution in [0.1, 0.15) is 13.3 Å². The normalized spacial score (nSPS) is 10.1. The van der Waals surface area contributed by atoms with Crippen LogP contribution in [0, 0.1) is 0 Å². The van der Waals surface area contributed by atoms with Gasteiger partial charge < -0.3 is 10.0 Å². The van der Waals surface area contributed by atoms with Crippen molar-refractivity contribution in [1.82, 2.24) is 19.7 Å². The molecule has 1 aromatic rings. The monoisotopic (exact) mass is 226 g/mol. The first-order valence-corrected chi connectivity index (χ1v) is 4.95. The van der Waals surface area contributed by atoms with Crippen LogP contribution in [-0.2, 0) is 16.1 Å². The summed E-state index contributed by atoms with van der Waals surface area (Å²) in [6, 6.07) is 0. The molecule has 1 amide bonds. The van der Waals surface area contributed by atoms with Crippen molar-refractivity contribution < 1.29 is 14.7 Å². The minimum absolute atomic E-state index is 0.0211. The van der Waals surface area contributed by atoms with Gasteiger partial charge in [0.25, 0.3) is 0 Å². The summed E-state index contributed by atoms with van der Waals surface area (Å²) in [5.41, 5.74) is 0. The topological polar surface area (TPSA) is 88.3 Å². The number of carbonyl (C=O) groups excluding carboxylic acids is 1. The van der Waals surface area contributed by atoms with Crippen LogP contribution in [-0.4, -0.2) is 49.7 Å². The van der Waals surface area contributed by atoms with Gasteiger partial charge in [-0.25, -0.2) is 9.67 Å². The van der Waals surface area contributed by atoms with Gasteiger partial charge in [0.2, 0.25) is 5.91 Å². The number of amides is 1. The zero-order valence-corrected chi connectivity index (χ0v) is 9.04. The van der Waals surface area contributed by atoms with Crippen LogP contribution in [0.15, 0.2) is 12.7 Å². The van der Waals surface area contributed by atoms with Crippen molar-refractivity contribution >= 4 is 11.9 Å². The lowest BCUT2D eigenvalue weighted by Gasteiger charge is -2.19. The third-order valence-corrected chi connectivity index (χ3v) is 1.94. The van der Waals surface area contributed by atoms with Crippen molar-refractivity contribution in [1.29, 1.82) is 0 Å². The van der Waals surface area contributed by atoms with E-state index in [2.05, 4.69) is 10.1 Å². The smallest absolute Gasteiger partial charge is 0.323 e. The van der Waals surface area contributed by atoms with Crippen molar-refractivity contribution in [3.8, 4) is 0 Å². The number of carbonyl (C=O) groups is 2. The van der Waals surface area contributed by atoms with E-state index in [1.807, 2.05) is 6.92 Å². The van der Waals surface area contributed by atoms with Crippen LogP contribution in [0.4, 0.5) is 0 Å². The fourth-order valence-corrected chi connectivity index (χ4v) is 1.28. The van der Waals surface area contributed by atoms with Gasteiger partial charge in [0.05, 0.1) is 0 Å². The maximum Gasteiger partial charge on any atom is 0.323 e. The molecule has 0 spiro atoms. The molecule has 88 valence electrons. The molecule has 0 aliphatic carbocycles. The second-order valence-electron chi connectivity index (χ2n) is 3.30. The highest BCUT2D eigenvalue weighted by Gasteiger charge is 2.16. The lowest BCUT2D eigenvalue weighted by atomic mass is 10.3. The van der Waals surface area contributed by atoms with Crippen LogP contribution in [0.25, 0.3) is 0 Å². The summed E-state index contributed by atoms with van der Waals surface area (Å²) < 4.78 is 1.37. The summed E-state index contributed by atoms with van der Waals surface area (Å²) >= 11 is 0. The van der Waals surface area contributed by atoms with Gasteiger partial charge in [0.15, 0.2) is 0 Å². The average molecular weight is 226 g/mol. The summed E-state index contributed by atoms with van der Waals surface area (Å²) in [7, 11) is 0. The van der Waals surface area contributed by atoms with E-state index in [0.29, 0.717) is 6.54 Å². The summed E-state index contributed by atoms with van der Waals surface area (Å²) in [5, 5.41) is 12.4. The van der Waals surface area contributed by atoms with Gasteiger partial charge in [-0.05, 0) is 6.42 Å². The maximum atomic E-state index is 11.7. The van der Waals surface area contributed by atoms with Crippen molar-refractivity contribution in [3.63, 3.8) is 0 Å². The Morgan fingerprint density at radius 2 is 2.25 bits per heavy atom. The molecule has 0 atom stereocenters. The van der Waals surface area contributed by atoms with Gasteiger partial charge >= 0.3 is 5.97 Å². The molecule has 1 heterocycles. The lowest BCUT2D eigenvalue weighted by Crippen LogP contribution is -2.38. The fraction of sp³-hybridized carbons (Fsp3) is 0.556. The predicted molar refractivity (Wildman–Crippen MR) is 54.5 cm³/mol. The molecule has 7 nitrogen and oxygen atoms in total. The Kier molecular flexibility index (Phi) is 4.43. The Balaban J connectivity index is 2.56. The summed E-state index contributed by atoms with van der Waals surface area (Å²) in [6.07, 6.45) is 3.47. The molecule has 16 heavy (non-hydrogen) atoms. The molecule has 1 aromatic heterocycles. The zero-order valence-electron chi connectivity index (χ0n) is 9.04. The molecule has 0 saturated carbocycles. The average Bonchev–Trinajstić information content (AvgIpc) is 2.69. The number of rotatable bonds is 6. The van der Waals surface area contributed by atoms with Crippen LogP contribution in [0.3, 0.4) is 0 Å². The second kappa shape index (κ2) is 5.84. The number of nitrogens with zero attached hydrogens (tertiary/aromatic N) is 4. The molecule has 0 bridgehead atoms. The van der Waals surface area contributed by atoms with E-state index < -0.39 is 5.97 Å². The Morgan fingerprint density at radius 1 is 1.50 bits per heavy atom. The van der Waals surface area contributed by atoms with Crippen molar-refractivity contribution in [2.75, 3.05) is 13.1 Å². The van der Waals surface area contributed by atoms with Crippen molar-refractivity contribution in [3.05, 3.63) is 12.7 Å². The molecule has 0 aliphatic rings. The molecule has 0 aromatic carbocycles. The molecule has 1 N–H and O–H groups in total. The van der Waals surface area contributed by atoms with Crippen molar-refractivity contribution in [2.45, 2.75) is 19.9 Å². The lowest BCUT2D eigenvalue weighted by molar-refractivity contribution is -0.144. The SMILES string of the molecule is CCCN(CC(=O)O)C(=O)Cn1cncn1. The number of hydrogen-bond acceptors (Lipinski definition) is 4. The summed E-state index contributed by atoms with van der Waals surface area (Å²) in [4.78, 5) is 27.3. The third-order valence-electron chi connectivity index (χ3n) is 1.94. The highest BCUT2D eigenvalue weighted by molar-refractivity contribution is 5.81. The van der Waals surface area contributed by atoms with Crippen LogP contribution < -0.4 is 0 Å². The Hall–Kier alpha value is -1.92. The standard InChI is InChI=1S/C9H14N4O3/c1-2-3-12(5-9(15)16)8(14)4-13-7-10-6-11-13/h6-7H,2-5H2,1H3,(H,15,16). The van der Waals surface area contributed by atoms with E-state index in [9.17, 15) is 9.59 Å². The van der Waals surface area contributed by atoms with Gasteiger partial charge in [-0.3, -0.25) is 9.59 Å². The van der Waals surface area contributed by atoms with Crippen LogP contribution >= 0.6 is 0 Å². The molecule has 0 unspecified atom stereocenters. The second-order valence-corrected chi connectivity index (χ2v) is 3.30. The maximum absolute atomic E-state index is 11.7. The number of carboxylic acids is 1.